The number of benzene rings is 1. The maximum atomic E-state index is 13.7. The van der Waals surface area contributed by atoms with Gasteiger partial charge in [-0.3, -0.25) is 0 Å². The lowest BCUT2D eigenvalue weighted by Gasteiger charge is -2.24. The highest BCUT2D eigenvalue weighted by Crippen LogP contribution is 2.31. The fraction of sp³-hybridized carbons (Fsp3) is 0.600. The predicted octanol–water partition coefficient (Wildman–Crippen LogP) is 4.42. The normalized spacial score (nSPS) is 20.4. The zero-order valence-electron chi connectivity index (χ0n) is 11.5. The lowest BCUT2D eigenvalue weighted by molar-refractivity contribution is 0.435. The summed E-state index contributed by atoms with van der Waals surface area (Å²) in [6.07, 6.45) is 6.23. The minimum Gasteiger partial charge on any atom is -0.397 e. The van der Waals surface area contributed by atoms with E-state index in [1.807, 2.05) is 22.6 Å². The molecule has 1 saturated heterocycles. The molecule has 0 bridgehead atoms. The molecule has 2 N–H and O–H groups in total. The summed E-state index contributed by atoms with van der Waals surface area (Å²) >= 11 is 1.99. The molecule has 2 rings (SSSR count). The molecule has 19 heavy (non-hydrogen) atoms. The number of nitrogens with zero attached hydrogens (tertiary/aromatic N) is 1. The molecule has 1 aromatic carbocycles. The smallest absolute Gasteiger partial charge is 0.138 e. The van der Waals surface area contributed by atoms with Crippen molar-refractivity contribution in [2.45, 2.75) is 39.0 Å². The highest BCUT2D eigenvalue weighted by molar-refractivity contribution is 14.1. The molecular formula is C15H22FIN2. The Labute approximate surface area is 128 Å². The Balaban J connectivity index is 2.12. The van der Waals surface area contributed by atoms with E-state index < -0.39 is 0 Å². The van der Waals surface area contributed by atoms with Crippen molar-refractivity contribution in [3.8, 4) is 0 Å². The van der Waals surface area contributed by atoms with Crippen LogP contribution in [0.3, 0.4) is 0 Å². The van der Waals surface area contributed by atoms with E-state index in [4.69, 9.17) is 5.73 Å². The van der Waals surface area contributed by atoms with Gasteiger partial charge in [-0.05, 0) is 53.8 Å². The van der Waals surface area contributed by atoms with E-state index in [0.717, 1.165) is 24.7 Å². The van der Waals surface area contributed by atoms with E-state index in [1.165, 1.54) is 32.1 Å². The van der Waals surface area contributed by atoms with Crippen LogP contribution in [-0.2, 0) is 0 Å². The monoisotopic (exact) mass is 376 g/mol. The first-order chi connectivity index (χ1) is 9.11. The summed E-state index contributed by atoms with van der Waals surface area (Å²) in [7, 11) is 0. The Morgan fingerprint density at radius 2 is 2.16 bits per heavy atom. The van der Waals surface area contributed by atoms with E-state index in [1.54, 1.807) is 12.1 Å². The highest BCUT2D eigenvalue weighted by atomic mass is 127. The summed E-state index contributed by atoms with van der Waals surface area (Å²) in [6, 6.07) is 3.33. The third-order valence-corrected chi connectivity index (χ3v) is 4.78. The van der Waals surface area contributed by atoms with E-state index in [0.29, 0.717) is 9.26 Å². The molecule has 2 nitrogen and oxygen atoms in total. The molecule has 0 aliphatic carbocycles. The molecule has 1 aliphatic rings. The van der Waals surface area contributed by atoms with Gasteiger partial charge in [-0.15, -0.1) is 0 Å². The summed E-state index contributed by atoms with van der Waals surface area (Å²) in [4.78, 5) is 2.25. The first-order valence-corrected chi connectivity index (χ1v) is 8.19. The SMILES string of the molecule is CCCC1CCCN(c2cc(F)c(I)cc2N)CC1. The molecule has 0 saturated carbocycles. The number of rotatable bonds is 3. The first kappa shape index (κ1) is 14.9. The molecule has 106 valence electrons. The van der Waals surface area contributed by atoms with Gasteiger partial charge in [0.05, 0.1) is 14.9 Å². The molecule has 0 amide bonds. The van der Waals surface area contributed by atoms with Crippen molar-refractivity contribution in [1.82, 2.24) is 0 Å². The molecule has 1 atom stereocenters. The highest BCUT2D eigenvalue weighted by Gasteiger charge is 2.19. The van der Waals surface area contributed by atoms with Crippen LogP contribution in [0, 0.1) is 15.3 Å². The third-order valence-electron chi connectivity index (χ3n) is 3.95. The quantitative estimate of drug-likeness (QED) is 0.625. The predicted molar refractivity (Wildman–Crippen MR) is 88.0 cm³/mol. The summed E-state index contributed by atoms with van der Waals surface area (Å²) < 4.78 is 14.3. The Kier molecular flexibility index (Phi) is 5.30. The van der Waals surface area contributed by atoms with Gasteiger partial charge in [0.25, 0.3) is 0 Å². The van der Waals surface area contributed by atoms with Crippen molar-refractivity contribution in [2.24, 2.45) is 5.92 Å². The number of nitrogens with two attached hydrogens (primary N) is 1. The van der Waals surface area contributed by atoms with Gasteiger partial charge in [0.1, 0.15) is 5.82 Å². The largest absolute Gasteiger partial charge is 0.397 e. The van der Waals surface area contributed by atoms with Crippen LogP contribution < -0.4 is 10.6 Å². The average Bonchev–Trinajstić information content (AvgIpc) is 2.60. The maximum absolute atomic E-state index is 13.7. The summed E-state index contributed by atoms with van der Waals surface area (Å²) in [5.74, 6) is 0.657. The zero-order chi connectivity index (χ0) is 13.8. The lowest BCUT2D eigenvalue weighted by Crippen LogP contribution is -2.25. The number of hydrogen-bond donors (Lipinski definition) is 1. The third kappa shape index (κ3) is 3.74. The molecular weight excluding hydrogens is 354 g/mol. The summed E-state index contributed by atoms with van der Waals surface area (Å²) in [5, 5.41) is 0. The van der Waals surface area contributed by atoms with Crippen LogP contribution in [0.15, 0.2) is 12.1 Å². The van der Waals surface area contributed by atoms with Gasteiger partial charge in [-0.1, -0.05) is 19.8 Å². The number of nitrogen functional groups attached to an aromatic ring is 1. The van der Waals surface area contributed by atoms with Crippen LogP contribution in [0.1, 0.15) is 39.0 Å². The standard InChI is InChI=1S/C15H22FIN2/c1-2-4-11-5-3-7-19(8-6-11)15-9-12(16)13(17)10-14(15)18/h9-11H,2-8,18H2,1H3. The Hall–Kier alpha value is -0.520. The van der Waals surface area contributed by atoms with Crippen LogP contribution in [0.25, 0.3) is 0 Å². The number of anilines is 2. The number of halogens is 2. The average molecular weight is 376 g/mol. The molecule has 4 heteroatoms. The first-order valence-electron chi connectivity index (χ1n) is 7.11. The van der Waals surface area contributed by atoms with Crippen molar-refractivity contribution in [1.29, 1.82) is 0 Å². The van der Waals surface area contributed by atoms with Gasteiger partial charge in [0, 0.05) is 19.2 Å². The second-order valence-electron chi connectivity index (χ2n) is 5.40. The number of hydrogen-bond acceptors (Lipinski definition) is 2. The molecule has 1 unspecified atom stereocenters. The minimum atomic E-state index is -0.167. The van der Waals surface area contributed by atoms with E-state index in [-0.39, 0.29) is 5.82 Å². The van der Waals surface area contributed by atoms with Gasteiger partial charge in [-0.2, -0.15) is 0 Å². The topological polar surface area (TPSA) is 29.3 Å². The Morgan fingerprint density at radius 3 is 2.89 bits per heavy atom. The van der Waals surface area contributed by atoms with Crippen LogP contribution >= 0.6 is 22.6 Å². The molecule has 1 aliphatic heterocycles. The Bertz CT molecular complexity index is 436. The van der Waals surface area contributed by atoms with Crippen LogP contribution in [0.5, 0.6) is 0 Å². The van der Waals surface area contributed by atoms with Crippen LogP contribution in [0.4, 0.5) is 15.8 Å². The molecule has 0 aromatic heterocycles. The minimum absolute atomic E-state index is 0.167. The van der Waals surface area contributed by atoms with Crippen molar-refractivity contribution >= 4 is 34.0 Å². The van der Waals surface area contributed by atoms with Gasteiger partial charge >= 0.3 is 0 Å². The molecule has 0 spiro atoms. The van der Waals surface area contributed by atoms with Crippen LogP contribution in [0.2, 0.25) is 0 Å². The van der Waals surface area contributed by atoms with Crippen molar-refractivity contribution < 1.29 is 4.39 Å². The molecule has 1 aromatic rings. The summed E-state index contributed by atoms with van der Waals surface area (Å²) in [6.45, 7) is 4.23. The van der Waals surface area contributed by atoms with E-state index in [9.17, 15) is 4.39 Å². The summed E-state index contributed by atoms with van der Waals surface area (Å²) in [5.41, 5.74) is 7.62. The lowest BCUT2D eigenvalue weighted by atomic mass is 9.96. The Morgan fingerprint density at radius 1 is 1.37 bits per heavy atom. The second kappa shape index (κ2) is 6.77. The second-order valence-corrected chi connectivity index (χ2v) is 6.56. The van der Waals surface area contributed by atoms with Crippen molar-refractivity contribution in [3.63, 3.8) is 0 Å². The van der Waals surface area contributed by atoms with Gasteiger partial charge in [0.15, 0.2) is 0 Å². The van der Waals surface area contributed by atoms with E-state index in [2.05, 4.69) is 11.8 Å². The van der Waals surface area contributed by atoms with Gasteiger partial charge < -0.3 is 10.6 Å². The molecule has 1 fully saturated rings. The van der Waals surface area contributed by atoms with Crippen LogP contribution in [-0.4, -0.2) is 13.1 Å². The van der Waals surface area contributed by atoms with Crippen molar-refractivity contribution in [2.75, 3.05) is 23.7 Å². The van der Waals surface area contributed by atoms with Crippen molar-refractivity contribution in [3.05, 3.63) is 21.5 Å². The molecule has 1 heterocycles. The van der Waals surface area contributed by atoms with E-state index >= 15 is 0 Å². The fourth-order valence-electron chi connectivity index (χ4n) is 2.93. The van der Waals surface area contributed by atoms with Gasteiger partial charge in [-0.25, -0.2) is 4.39 Å². The maximum Gasteiger partial charge on any atom is 0.138 e. The zero-order valence-corrected chi connectivity index (χ0v) is 13.6. The van der Waals surface area contributed by atoms with Gasteiger partial charge in [0.2, 0.25) is 0 Å². The molecule has 0 radical (unpaired) electrons. The fourth-order valence-corrected chi connectivity index (χ4v) is 3.42.